The monoisotopic (exact) mass is 363 g/mol. The Hall–Kier alpha value is -0.900. The summed E-state index contributed by atoms with van der Waals surface area (Å²) in [6, 6.07) is 0. The molecule has 3 rings (SSSR count). The van der Waals surface area contributed by atoms with Crippen molar-refractivity contribution < 1.29 is 9.47 Å². The number of rotatable bonds is 9. The summed E-state index contributed by atoms with van der Waals surface area (Å²) < 4.78 is 11.0. The summed E-state index contributed by atoms with van der Waals surface area (Å²) >= 11 is 0. The summed E-state index contributed by atoms with van der Waals surface area (Å²) in [4.78, 5) is 0. The fraction of sp³-hybridized carbons (Fsp3) is 0.739. The minimum Gasteiger partial charge on any atom is -0.378 e. The van der Waals surface area contributed by atoms with Crippen molar-refractivity contribution in [3.63, 3.8) is 0 Å². The van der Waals surface area contributed by atoms with Crippen LogP contribution in [0.3, 0.4) is 0 Å². The average Bonchev–Trinajstić information content (AvgIpc) is 3.20. The molecule has 0 aromatic carbocycles. The maximum absolute atomic E-state index is 5.97. The molecule has 2 N–H and O–H groups in total. The second kappa shape index (κ2) is 11.1. The topological polar surface area (TPSA) is 47.8 Å². The number of epoxide rings is 1. The van der Waals surface area contributed by atoms with Crippen molar-refractivity contribution in [1.29, 1.82) is 0 Å². The van der Waals surface area contributed by atoms with E-state index >= 15 is 0 Å². The Labute approximate surface area is 161 Å². The van der Waals surface area contributed by atoms with Crippen LogP contribution in [0.15, 0.2) is 37.5 Å². The summed E-state index contributed by atoms with van der Waals surface area (Å²) in [5, 5.41) is 0. The molecule has 0 aromatic heterocycles. The van der Waals surface area contributed by atoms with Crippen LogP contribution in [0.25, 0.3) is 0 Å². The first-order chi connectivity index (χ1) is 11.7. The van der Waals surface area contributed by atoms with Crippen LogP contribution in [0.5, 0.6) is 0 Å². The van der Waals surface area contributed by atoms with Crippen LogP contribution in [0.1, 0.15) is 40.5 Å². The van der Waals surface area contributed by atoms with E-state index in [2.05, 4.69) is 37.5 Å². The second-order valence-electron chi connectivity index (χ2n) is 7.90. The first kappa shape index (κ1) is 23.1. The highest BCUT2D eigenvalue weighted by molar-refractivity contribution is 5.06. The number of hydrogen-bond donors (Lipinski definition) is 1. The van der Waals surface area contributed by atoms with Gasteiger partial charge >= 0.3 is 0 Å². The zero-order chi connectivity index (χ0) is 16.9. The van der Waals surface area contributed by atoms with E-state index in [0.717, 1.165) is 26.4 Å². The highest BCUT2D eigenvalue weighted by Crippen LogP contribution is 2.41. The lowest BCUT2D eigenvalue weighted by Gasteiger charge is -2.15. The fourth-order valence-electron chi connectivity index (χ4n) is 4.56. The molecule has 3 fully saturated rings. The molecule has 7 unspecified atom stereocenters. The van der Waals surface area contributed by atoms with Gasteiger partial charge < -0.3 is 15.2 Å². The summed E-state index contributed by atoms with van der Waals surface area (Å²) in [5.74, 6) is 3.73. The van der Waals surface area contributed by atoms with Crippen LogP contribution in [0.4, 0.5) is 0 Å². The van der Waals surface area contributed by atoms with Gasteiger partial charge in [0.25, 0.3) is 0 Å². The first-order valence-corrected chi connectivity index (χ1v) is 9.56. The van der Waals surface area contributed by atoms with Crippen molar-refractivity contribution in [2.45, 2.75) is 46.6 Å². The normalized spacial score (nSPS) is 38.6. The number of hydrogen-bond acceptors (Lipinski definition) is 3. The molecule has 0 bridgehead atoms. The molecular formula is C23H41NO2. The highest BCUT2D eigenvalue weighted by Gasteiger charge is 2.33. The Morgan fingerprint density at radius 1 is 0.885 bits per heavy atom. The van der Waals surface area contributed by atoms with E-state index in [4.69, 9.17) is 15.2 Å². The molecule has 3 heteroatoms. The van der Waals surface area contributed by atoms with Gasteiger partial charge in [0.05, 0.1) is 19.8 Å². The van der Waals surface area contributed by atoms with Gasteiger partial charge in [-0.25, -0.2) is 0 Å². The second-order valence-corrected chi connectivity index (χ2v) is 7.90. The van der Waals surface area contributed by atoms with Crippen LogP contribution >= 0.6 is 0 Å². The zero-order valence-electron chi connectivity index (χ0n) is 14.8. The van der Waals surface area contributed by atoms with E-state index in [-0.39, 0.29) is 14.9 Å². The van der Waals surface area contributed by atoms with Gasteiger partial charge in [-0.3, -0.25) is 0 Å². The summed E-state index contributed by atoms with van der Waals surface area (Å²) in [6.07, 6.45) is 14.3. The van der Waals surface area contributed by atoms with E-state index in [1.165, 1.54) is 25.7 Å². The van der Waals surface area contributed by atoms with Crippen LogP contribution in [0, 0.1) is 35.5 Å². The summed E-state index contributed by atoms with van der Waals surface area (Å²) in [5.41, 5.74) is 5.97. The number of ether oxygens (including phenoxy) is 2. The van der Waals surface area contributed by atoms with Gasteiger partial charge in [-0.1, -0.05) is 39.2 Å². The molecule has 7 atom stereocenters. The van der Waals surface area contributed by atoms with Crippen LogP contribution in [0.2, 0.25) is 0 Å². The minimum absolute atomic E-state index is 0. The van der Waals surface area contributed by atoms with Crippen LogP contribution < -0.4 is 5.73 Å². The van der Waals surface area contributed by atoms with Gasteiger partial charge in [-0.2, -0.15) is 0 Å². The maximum atomic E-state index is 5.97. The van der Waals surface area contributed by atoms with Gasteiger partial charge in [0.2, 0.25) is 0 Å². The molecule has 3 nitrogen and oxygen atoms in total. The third-order valence-electron chi connectivity index (χ3n) is 6.18. The average molecular weight is 364 g/mol. The molecule has 2 saturated carbocycles. The molecule has 1 saturated heterocycles. The Morgan fingerprint density at radius 3 is 2.19 bits per heavy atom. The SMILES string of the molecule is C.C.C=CC1CC(/C=C\C2CC(C=C)C(COCC3CO3)C2)C(CN)C1. The van der Waals surface area contributed by atoms with Crippen molar-refractivity contribution >= 4 is 0 Å². The Balaban J connectivity index is 0.00000169. The van der Waals surface area contributed by atoms with E-state index in [9.17, 15) is 0 Å². The molecule has 1 heterocycles. The molecule has 3 aliphatic rings. The molecule has 1 aliphatic heterocycles. The molecule has 0 spiro atoms. The van der Waals surface area contributed by atoms with Crippen molar-refractivity contribution in [1.82, 2.24) is 0 Å². The largest absolute Gasteiger partial charge is 0.378 e. The van der Waals surface area contributed by atoms with E-state index < -0.39 is 0 Å². The minimum atomic E-state index is 0. The van der Waals surface area contributed by atoms with Crippen LogP contribution in [-0.4, -0.2) is 32.5 Å². The Bertz CT molecular complexity index is 457. The molecular weight excluding hydrogens is 322 g/mol. The smallest absolute Gasteiger partial charge is 0.104 e. The molecule has 26 heavy (non-hydrogen) atoms. The number of allylic oxidation sites excluding steroid dienone is 4. The molecule has 0 aromatic rings. The molecule has 150 valence electrons. The van der Waals surface area contributed by atoms with Gasteiger partial charge in [-0.15, -0.1) is 13.2 Å². The molecule has 2 aliphatic carbocycles. The number of nitrogens with two attached hydrogens (primary N) is 1. The maximum Gasteiger partial charge on any atom is 0.104 e. The van der Waals surface area contributed by atoms with Gasteiger partial charge in [0, 0.05) is 0 Å². The van der Waals surface area contributed by atoms with E-state index in [1.807, 2.05) is 0 Å². The molecule has 0 amide bonds. The lowest BCUT2D eigenvalue weighted by atomic mass is 9.93. The predicted molar refractivity (Wildman–Crippen MR) is 112 cm³/mol. The summed E-state index contributed by atoms with van der Waals surface area (Å²) in [7, 11) is 0. The quantitative estimate of drug-likeness (QED) is 0.471. The fourth-order valence-corrected chi connectivity index (χ4v) is 4.56. The molecule has 0 radical (unpaired) electrons. The van der Waals surface area contributed by atoms with Gasteiger partial charge in [0.15, 0.2) is 0 Å². The third-order valence-corrected chi connectivity index (χ3v) is 6.18. The Morgan fingerprint density at radius 2 is 1.58 bits per heavy atom. The Kier molecular flexibility index (Phi) is 9.84. The van der Waals surface area contributed by atoms with Crippen LogP contribution in [-0.2, 0) is 9.47 Å². The van der Waals surface area contributed by atoms with Crippen molar-refractivity contribution in [2.24, 2.45) is 41.2 Å². The third kappa shape index (κ3) is 6.07. The lowest BCUT2D eigenvalue weighted by Crippen LogP contribution is -2.17. The van der Waals surface area contributed by atoms with Crippen molar-refractivity contribution in [3.8, 4) is 0 Å². The van der Waals surface area contributed by atoms with Gasteiger partial charge in [0.1, 0.15) is 6.10 Å². The lowest BCUT2D eigenvalue weighted by molar-refractivity contribution is 0.0794. The highest BCUT2D eigenvalue weighted by atomic mass is 16.6. The van der Waals surface area contributed by atoms with Crippen molar-refractivity contribution in [3.05, 3.63) is 37.5 Å². The van der Waals surface area contributed by atoms with Gasteiger partial charge in [-0.05, 0) is 67.7 Å². The summed E-state index contributed by atoms with van der Waals surface area (Å²) in [6.45, 7) is 11.3. The van der Waals surface area contributed by atoms with E-state index in [1.54, 1.807) is 0 Å². The predicted octanol–water partition coefficient (Wildman–Crippen LogP) is 4.85. The van der Waals surface area contributed by atoms with Crippen molar-refractivity contribution in [2.75, 3.05) is 26.4 Å². The standard InChI is InChI=1S/C21H33NO2.2CH4/c1-3-15-7-18(19(8-15)11-22)6-5-16-9-17(4-2)20(10-16)12-23-13-21-14-24-21;;/h3-6,15-21H,1-2,7-14,22H2;2*1H4/b6-5-;;. The first-order valence-electron chi connectivity index (χ1n) is 9.56. The van der Waals surface area contributed by atoms with E-state index in [0.29, 0.717) is 41.6 Å². The zero-order valence-corrected chi connectivity index (χ0v) is 14.8.